The van der Waals surface area contributed by atoms with Crippen molar-refractivity contribution in [1.82, 2.24) is 5.32 Å². The van der Waals surface area contributed by atoms with Crippen LogP contribution in [0.1, 0.15) is 16.5 Å². The van der Waals surface area contributed by atoms with Gasteiger partial charge < -0.3 is 10.1 Å². The van der Waals surface area contributed by atoms with E-state index in [0.717, 1.165) is 25.3 Å². The molecule has 3 heteroatoms. The van der Waals surface area contributed by atoms with Gasteiger partial charge in [0.05, 0.1) is 6.04 Å². The van der Waals surface area contributed by atoms with E-state index in [1.54, 1.807) is 0 Å². The number of para-hydroxylation sites is 1. The summed E-state index contributed by atoms with van der Waals surface area (Å²) in [6.45, 7) is 1.76. The fraction of sp³-hybridized carbons (Fsp3) is 0.286. The molecule has 17 heavy (non-hydrogen) atoms. The van der Waals surface area contributed by atoms with E-state index in [4.69, 9.17) is 4.74 Å². The van der Waals surface area contributed by atoms with Crippen molar-refractivity contribution >= 4 is 11.3 Å². The quantitative estimate of drug-likeness (QED) is 0.894. The van der Waals surface area contributed by atoms with E-state index in [-0.39, 0.29) is 0 Å². The Morgan fingerprint density at radius 2 is 2.18 bits per heavy atom. The minimum absolute atomic E-state index is 0.353. The van der Waals surface area contributed by atoms with Gasteiger partial charge in [0.25, 0.3) is 0 Å². The van der Waals surface area contributed by atoms with Gasteiger partial charge in [-0.2, -0.15) is 0 Å². The van der Waals surface area contributed by atoms with Crippen molar-refractivity contribution in [3.05, 3.63) is 52.2 Å². The smallest absolute Gasteiger partial charge is 0.124 e. The summed E-state index contributed by atoms with van der Waals surface area (Å²) in [5.74, 6) is 1.03. The first-order valence-electron chi connectivity index (χ1n) is 5.91. The Labute approximate surface area is 105 Å². The number of hydrogen-bond donors (Lipinski definition) is 1. The van der Waals surface area contributed by atoms with E-state index in [0.29, 0.717) is 6.04 Å². The molecule has 0 fully saturated rings. The standard InChI is InChI=1S/C14H15NOS/c1-2-6-14-12(5-1)13(10-16-14)15-8-7-11-4-3-9-17-11/h1-6,9,13,15H,7-8,10H2. The summed E-state index contributed by atoms with van der Waals surface area (Å²) >= 11 is 1.82. The number of ether oxygens (including phenoxy) is 1. The molecular formula is C14H15NOS. The minimum Gasteiger partial charge on any atom is -0.491 e. The van der Waals surface area contributed by atoms with Crippen molar-refractivity contribution < 1.29 is 4.74 Å². The van der Waals surface area contributed by atoms with Gasteiger partial charge in [-0.05, 0) is 23.9 Å². The zero-order valence-corrected chi connectivity index (χ0v) is 10.4. The zero-order chi connectivity index (χ0) is 11.5. The van der Waals surface area contributed by atoms with Crippen LogP contribution in [0.3, 0.4) is 0 Å². The molecular weight excluding hydrogens is 230 g/mol. The molecule has 0 bridgehead atoms. The van der Waals surface area contributed by atoms with Gasteiger partial charge in [0.15, 0.2) is 0 Å². The normalized spacial score (nSPS) is 17.8. The van der Waals surface area contributed by atoms with Gasteiger partial charge >= 0.3 is 0 Å². The SMILES string of the molecule is c1csc(CCNC2COc3ccccc32)c1. The molecule has 1 aromatic heterocycles. The van der Waals surface area contributed by atoms with Crippen molar-refractivity contribution in [2.45, 2.75) is 12.5 Å². The molecule has 2 aromatic rings. The molecule has 1 aliphatic rings. The van der Waals surface area contributed by atoms with E-state index in [9.17, 15) is 0 Å². The van der Waals surface area contributed by atoms with E-state index < -0.39 is 0 Å². The maximum absolute atomic E-state index is 5.64. The Balaban J connectivity index is 1.57. The second-order valence-electron chi connectivity index (χ2n) is 4.18. The maximum atomic E-state index is 5.64. The predicted octanol–water partition coefficient (Wildman–Crippen LogP) is 3.01. The van der Waals surface area contributed by atoms with Gasteiger partial charge in [0.2, 0.25) is 0 Å². The first-order chi connectivity index (χ1) is 8.43. The van der Waals surface area contributed by atoms with Crippen molar-refractivity contribution in [2.24, 2.45) is 0 Å². The summed E-state index contributed by atoms with van der Waals surface area (Å²) in [6.07, 6.45) is 1.09. The third-order valence-corrected chi connectivity index (χ3v) is 3.98. The molecule has 2 heterocycles. The highest BCUT2D eigenvalue weighted by Gasteiger charge is 2.22. The van der Waals surface area contributed by atoms with Gasteiger partial charge in [-0.15, -0.1) is 11.3 Å². The van der Waals surface area contributed by atoms with Crippen LogP contribution in [-0.2, 0) is 6.42 Å². The molecule has 1 aromatic carbocycles. The Morgan fingerprint density at radius 3 is 3.06 bits per heavy atom. The molecule has 3 rings (SSSR count). The number of benzene rings is 1. The van der Waals surface area contributed by atoms with E-state index >= 15 is 0 Å². The number of nitrogens with one attached hydrogen (secondary N) is 1. The summed E-state index contributed by atoms with van der Waals surface area (Å²) in [5.41, 5.74) is 1.29. The highest BCUT2D eigenvalue weighted by Crippen LogP contribution is 2.31. The summed E-state index contributed by atoms with van der Waals surface area (Å²) in [6, 6.07) is 12.9. The molecule has 0 radical (unpaired) electrons. The molecule has 1 aliphatic heterocycles. The van der Waals surface area contributed by atoms with Crippen molar-refractivity contribution in [2.75, 3.05) is 13.2 Å². The minimum atomic E-state index is 0.353. The lowest BCUT2D eigenvalue weighted by atomic mass is 10.1. The lowest BCUT2D eigenvalue weighted by Gasteiger charge is -2.10. The van der Waals surface area contributed by atoms with Crippen LogP contribution in [0.25, 0.3) is 0 Å². The van der Waals surface area contributed by atoms with Gasteiger partial charge in [-0.25, -0.2) is 0 Å². The Kier molecular flexibility index (Phi) is 3.12. The summed E-state index contributed by atoms with van der Waals surface area (Å²) in [5, 5.41) is 5.69. The average molecular weight is 245 g/mol. The molecule has 0 aliphatic carbocycles. The fourth-order valence-electron chi connectivity index (χ4n) is 2.16. The van der Waals surface area contributed by atoms with Gasteiger partial charge in [0, 0.05) is 17.0 Å². The Bertz CT molecular complexity index is 481. The molecule has 0 saturated carbocycles. The van der Waals surface area contributed by atoms with Crippen LogP contribution in [0.5, 0.6) is 5.75 Å². The number of fused-ring (bicyclic) bond motifs is 1. The second kappa shape index (κ2) is 4.90. The maximum Gasteiger partial charge on any atom is 0.124 e. The first kappa shape index (κ1) is 10.8. The van der Waals surface area contributed by atoms with Crippen LogP contribution in [0.15, 0.2) is 41.8 Å². The van der Waals surface area contributed by atoms with Crippen LogP contribution < -0.4 is 10.1 Å². The summed E-state index contributed by atoms with van der Waals surface area (Å²) < 4.78 is 5.64. The molecule has 1 unspecified atom stereocenters. The van der Waals surface area contributed by atoms with E-state index in [1.807, 2.05) is 23.5 Å². The molecule has 1 atom stereocenters. The van der Waals surface area contributed by atoms with Gasteiger partial charge in [0.1, 0.15) is 12.4 Å². The molecule has 1 N–H and O–H groups in total. The van der Waals surface area contributed by atoms with Crippen molar-refractivity contribution in [3.8, 4) is 5.75 Å². The monoisotopic (exact) mass is 245 g/mol. The van der Waals surface area contributed by atoms with Crippen LogP contribution in [0, 0.1) is 0 Å². The van der Waals surface area contributed by atoms with Gasteiger partial charge in [-0.3, -0.25) is 0 Å². The molecule has 2 nitrogen and oxygen atoms in total. The lowest BCUT2D eigenvalue weighted by Crippen LogP contribution is -2.24. The molecule has 0 saturated heterocycles. The van der Waals surface area contributed by atoms with Crippen molar-refractivity contribution in [1.29, 1.82) is 0 Å². The summed E-state index contributed by atoms with van der Waals surface area (Å²) in [7, 11) is 0. The molecule has 0 spiro atoms. The number of hydrogen-bond acceptors (Lipinski definition) is 3. The second-order valence-corrected chi connectivity index (χ2v) is 5.22. The van der Waals surface area contributed by atoms with E-state index in [1.165, 1.54) is 10.4 Å². The first-order valence-corrected chi connectivity index (χ1v) is 6.79. The highest BCUT2D eigenvalue weighted by molar-refractivity contribution is 7.09. The molecule has 88 valence electrons. The third-order valence-electron chi connectivity index (χ3n) is 3.04. The largest absolute Gasteiger partial charge is 0.491 e. The predicted molar refractivity (Wildman–Crippen MR) is 70.7 cm³/mol. The summed E-state index contributed by atoms with van der Waals surface area (Å²) in [4.78, 5) is 1.43. The number of thiophene rings is 1. The van der Waals surface area contributed by atoms with Crippen LogP contribution in [0.2, 0.25) is 0 Å². The van der Waals surface area contributed by atoms with Crippen molar-refractivity contribution in [3.63, 3.8) is 0 Å². The lowest BCUT2D eigenvalue weighted by molar-refractivity contribution is 0.312. The Morgan fingerprint density at radius 1 is 1.24 bits per heavy atom. The molecule has 0 amide bonds. The highest BCUT2D eigenvalue weighted by atomic mass is 32.1. The Hall–Kier alpha value is -1.32. The van der Waals surface area contributed by atoms with E-state index in [2.05, 4.69) is 35.0 Å². The topological polar surface area (TPSA) is 21.3 Å². The van der Waals surface area contributed by atoms with Crippen LogP contribution >= 0.6 is 11.3 Å². The average Bonchev–Trinajstić information content (AvgIpc) is 2.99. The third kappa shape index (κ3) is 2.35. The van der Waals surface area contributed by atoms with Crippen LogP contribution in [0.4, 0.5) is 0 Å². The van der Waals surface area contributed by atoms with Gasteiger partial charge in [-0.1, -0.05) is 24.3 Å². The zero-order valence-electron chi connectivity index (χ0n) is 9.56. The van der Waals surface area contributed by atoms with Crippen LogP contribution in [-0.4, -0.2) is 13.2 Å². The fourth-order valence-corrected chi connectivity index (χ4v) is 2.87. The number of rotatable bonds is 4.